The Morgan fingerprint density at radius 2 is 2.20 bits per heavy atom. The minimum Gasteiger partial charge on any atom is -0.494 e. The van der Waals surface area contributed by atoms with Crippen molar-refractivity contribution in [2.24, 2.45) is 0 Å². The number of furan rings is 1. The lowest BCUT2D eigenvalue weighted by Gasteiger charge is -2.18. The Labute approximate surface area is 122 Å². The fourth-order valence-corrected chi connectivity index (χ4v) is 2.29. The molecule has 1 aromatic heterocycles. The molecule has 5 heteroatoms. The smallest absolute Gasteiger partial charge is 0.198 e. The second-order valence-electron chi connectivity index (χ2n) is 4.43. The number of halogens is 2. The molecule has 1 N–H and O–H groups in total. The van der Waals surface area contributed by atoms with E-state index in [0.29, 0.717) is 5.22 Å². The summed E-state index contributed by atoms with van der Waals surface area (Å²) in [6.45, 7) is 2.86. The summed E-state index contributed by atoms with van der Waals surface area (Å²) in [5.41, 5.74) is 1.57. The topological polar surface area (TPSA) is 34.4 Å². The van der Waals surface area contributed by atoms with Crippen molar-refractivity contribution < 1.29 is 13.5 Å². The third kappa shape index (κ3) is 3.14. The van der Waals surface area contributed by atoms with Crippen LogP contribution in [0, 0.1) is 5.82 Å². The van der Waals surface area contributed by atoms with Crippen LogP contribution in [0.5, 0.6) is 5.75 Å². The van der Waals surface area contributed by atoms with Gasteiger partial charge < -0.3 is 14.5 Å². The summed E-state index contributed by atoms with van der Waals surface area (Å²) in [6, 6.07) is 6.46. The number of benzene rings is 1. The van der Waals surface area contributed by atoms with Gasteiger partial charge in [-0.15, -0.1) is 0 Å². The molecular formula is C15H17ClFNO2. The predicted octanol–water partition coefficient (Wildman–Crippen LogP) is 4.17. The van der Waals surface area contributed by atoms with Crippen molar-refractivity contribution in [2.45, 2.75) is 19.4 Å². The normalized spacial score (nSPS) is 12.4. The molecular weight excluding hydrogens is 281 g/mol. The van der Waals surface area contributed by atoms with Crippen LogP contribution in [0.3, 0.4) is 0 Å². The molecule has 1 heterocycles. The second kappa shape index (κ2) is 6.77. The monoisotopic (exact) mass is 297 g/mol. The Morgan fingerprint density at radius 1 is 1.40 bits per heavy atom. The average molecular weight is 298 g/mol. The van der Waals surface area contributed by atoms with Gasteiger partial charge in [0.25, 0.3) is 0 Å². The van der Waals surface area contributed by atoms with Crippen molar-refractivity contribution in [2.75, 3.05) is 13.7 Å². The zero-order valence-corrected chi connectivity index (χ0v) is 12.2. The summed E-state index contributed by atoms with van der Waals surface area (Å²) in [6.07, 6.45) is 2.49. The van der Waals surface area contributed by atoms with Crippen LogP contribution in [-0.2, 0) is 0 Å². The van der Waals surface area contributed by atoms with E-state index in [4.69, 9.17) is 20.8 Å². The van der Waals surface area contributed by atoms with Gasteiger partial charge in [-0.1, -0.05) is 13.0 Å². The first-order valence-electron chi connectivity index (χ1n) is 6.47. The maximum absolute atomic E-state index is 13.9. The second-order valence-corrected chi connectivity index (χ2v) is 4.77. The fraction of sp³-hybridized carbons (Fsp3) is 0.333. The molecule has 0 saturated heterocycles. The van der Waals surface area contributed by atoms with E-state index in [1.54, 1.807) is 12.1 Å². The third-order valence-corrected chi connectivity index (χ3v) is 3.37. The van der Waals surface area contributed by atoms with Gasteiger partial charge >= 0.3 is 0 Å². The number of hydrogen-bond donors (Lipinski definition) is 1. The highest BCUT2D eigenvalue weighted by atomic mass is 35.5. The highest BCUT2D eigenvalue weighted by Gasteiger charge is 2.19. The molecule has 0 spiro atoms. The summed E-state index contributed by atoms with van der Waals surface area (Å²) >= 11 is 6.04. The Hall–Kier alpha value is -1.52. The van der Waals surface area contributed by atoms with Crippen LogP contribution in [0.25, 0.3) is 0 Å². The highest BCUT2D eigenvalue weighted by Crippen LogP contribution is 2.31. The van der Waals surface area contributed by atoms with Gasteiger partial charge in [0, 0.05) is 5.56 Å². The van der Waals surface area contributed by atoms with E-state index in [9.17, 15) is 4.39 Å². The van der Waals surface area contributed by atoms with Crippen molar-refractivity contribution in [1.29, 1.82) is 0 Å². The van der Waals surface area contributed by atoms with Gasteiger partial charge in [0.05, 0.1) is 19.4 Å². The van der Waals surface area contributed by atoms with Crippen molar-refractivity contribution in [3.05, 3.63) is 52.7 Å². The SMILES string of the molecule is CCCNC(c1ccc(OC)c(F)c1)c1ccoc1Cl. The molecule has 0 fully saturated rings. The van der Waals surface area contributed by atoms with Crippen LogP contribution >= 0.6 is 11.6 Å². The number of nitrogens with one attached hydrogen (secondary N) is 1. The zero-order chi connectivity index (χ0) is 14.5. The standard InChI is InChI=1S/C15H17ClFNO2/c1-3-7-18-14(11-6-8-20-15(11)16)10-4-5-13(19-2)12(17)9-10/h4-6,8-9,14,18H,3,7H2,1-2H3. The van der Waals surface area contributed by atoms with Gasteiger partial charge in [0.2, 0.25) is 0 Å². The first-order chi connectivity index (χ1) is 9.67. The van der Waals surface area contributed by atoms with Gasteiger partial charge in [0.15, 0.2) is 16.8 Å². The van der Waals surface area contributed by atoms with Crippen LogP contribution in [0.15, 0.2) is 34.9 Å². The van der Waals surface area contributed by atoms with E-state index < -0.39 is 5.82 Å². The lowest BCUT2D eigenvalue weighted by atomic mass is 10.0. The Kier molecular flexibility index (Phi) is 5.04. The van der Waals surface area contributed by atoms with Crippen molar-refractivity contribution >= 4 is 11.6 Å². The van der Waals surface area contributed by atoms with Gasteiger partial charge in [-0.3, -0.25) is 0 Å². The fourth-order valence-electron chi connectivity index (χ4n) is 2.07. The molecule has 1 aromatic carbocycles. The average Bonchev–Trinajstić information content (AvgIpc) is 2.86. The minimum atomic E-state index is -0.395. The van der Waals surface area contributed by atoms with Gasteiger partial charge in [0.1, 0.15) is 0 Å². The molecule has 0 saturated carbocycles. The minimum absolute atomic E-state index is 0.207. The van der Waals surface area contributed by atoms with E-state index in [0.717, 1.165) is 24.1 Å². The van der Waals surface area contributed by atoms with Crippen molar-refractivity contribution in [3.8, 4) is 5.75 Å². The summed E-state index contributed by atoms with van der Waals surface area (Å²) < 4.78 is 23.9. The maximum atomic E-state index is 13.9. The molecule has 0 aliphatic heterocycles. The molecule has 0 bridgehead atoms. The summed E-state index contributed by atoms with van der Waals surface area (Å²) in [5, 5.41) is 3.66. The zero-order valence-electron chi connectivity index (χ0n) is 11.5. The summed E-state index contributed by atoms with van der Waals surface area (Å²) in [4.78, 5) is 0. The summed E-state index contributed by atoms with van der Waals surface area (Å²) in [7, 11) is 1.44. The Balaban J connectivity index is 2.36. The molecule has 2 aromatic rings. The number of methoxy groups -OCH3 is 1. The molecule has 1 unspecified atom stereocenters. The molecule has 3 nitrogen and oxygen atoms in total. The van der Waals surface area contributed by atoms with E-state index >= 15 is 0 Å². The van der Waals surface area contributed by atoms with Crippen LogP contribution < -0.4 is 10.1 Å². The van der Waals surface area contributed by atoms with Crippen LogP contribution in [0.4, 0.5) is 4.39 Å². The molecule has 108 valence electrons. The quantitative estimate of drug-likeness (QED) is 0.869. The van der Waals surface area contributed by atoms with E-state index in [1.165, 1.54) is 19.4 Å². The number of hydrogen-bond acceptors (Lipinski definition) is 3. The van der Waals surface area contributed by atoms with Gasteiger partial charge in [-0.05, 0) is 48.3 Å². The molecule has 0 aliphatic carbocycles. The van der Waals surface area contributed by atoms with Crippen LogP contribution in [0.1, 0.15) is 30.5 Å². The molecule has 0 aliphatic rings. The lowest BCUT2D eigenvalue weighted by Crippen LogP contribution is -2.23. The molecule has 2 rings (SSSR count). The maximum Gasteiger partial charge on any atom is 0.198 e. The van der Waals surface area contributed by atoms with Gasteiger partial charge in [-0.2, -0.15) is 0 Å². The molecule has 0 amide bonds. The van der Waals surface area contributed by atoms with Crippen molar-refractivity contribution in [1.82, 2.24) is 5.32 Å². The predicted molar refractivity (Wildman–Crippen MR) is 76.8 cm³/mol. The molecule has 20 heavy (non-hydrogen) atoms. The third-order valence-electron chi connectivity index (χ3n) is 3.06. The van der Waals surface area contributed by atoms with Crippen LogP contribution in [0.2, 0.25) is 5.22 Å². The van der Waals surface area contributed by atoms with E-state index in [1.807, 2.05) is 6.07 Å². The first-order valence-corrected chi connectivity index (χ1v) is 6.84. The molecule has 1 atom stereocenters. The van der Waals surface area contributed by atoms with Crippen LogP contribution in [-0.4, -0.2) is 13.7 Å². The van der Waals surface area contributed by atoms with Crippen molar-refractivity contribution in [3.63, 3.8) is 0 Å². The lowest BCUT2D eigenvalue weighted by molar-refractivity contribution is 0.385. The van der Waals surface area contributed by atoms with Gasteiger partial charge in [-0.25, -0.2) is 4.39 Å². The van der Waals surface area contributed by atoms with E-state index in [-0.39, 0.29) is 11.8 Å². The molecule has 0 radical (unpaired) electrons. The highest BCUT2D eigenvalue weighted by molar-refractivity contribution is 6.29. The number of rotatable bonds is 6. The largest absolute Gasteiger partial charge is 0.494 e. The Morgan fingerprint density at radius 3 is 2.75 bits per heavy atom. The van der Waals surface area contributed by atoms with E-state index in [2.05, 4.69) is 12.2 Å². The first kappa shape index (κ1) is 14.9. The number of ether oxygens (including phenoxy) is 1. The summed E-state index contributed by atoms with van der Waals surface area (Å²) in [5.74, 6) is -0.172. The Bertz CT molecular complexity index is 571.